The van der Waals surface area contributed by atoms with Crippen molar-refractivity contribution < 1.29 is 168 Å². The largest absolute Gasteiger partial charge is 0.602 e. The maximum absolute atomic E-state index is 5.17. The van der Waals surface area contributed by atoms with Crippen LogP contribution < -0.4 is 0 Å². The second-order valence-corrected chi connectivity index (χ2v) is 15.1. The van der Waals surface area contributed by atoms with E-state index < -0.39 is 0 Å². The number of nitrogens with one attached hydrogen (secondary N) is 8. The maximum Gasteiger partial charge on any atom is 0 e. The summed E-state index contributed by atoms with van der Waals surface area (Å²) in [6, 6.07) is 31.3. The number of hydrogen-bond acceptors (Lipinski definition) is 2. The first kappa shape index (κ1) is 61.8. The molecule has 0 unspecified atom stereocenters. The van der Waals surface area contributed by atoms with Gasteiger partial charge in [0.15, 0.2) is 0 Å². The van der Waals surface area contributed by atoms with E-state index in [0.29, 0.717) is 5.76 Å². The van der Waals surface area contributed by atoms with Crippen LogP contribution in [-0.4, -0.2) is 39.9 Å². The minimum Gasteiger partial charge on any atom is -0.602 e. The van der Waals surface area contributed by atoms with E-state index in [0.717, 1.165) is 78.2 Å². The van der Waals surface area contributed by atoms with Gasteiger partial charge in [0.05, 0.1) is 0 Å². The van der Waals surface area contributed by atoms with Crippen molar-refractivity contribution in [3.05, 3.63) is 178 Å². The van der Waals surface area contributed by atoms with Gasteiger partial charge >= 0.3 is 0 Å². The number of furan rings is 1. The monoisotopic (exact) mass is 1250 g/mol. The Labute approximate surface area is 514 Å². The molecular formula is C50H48N8OSY5-10. The standard InChI is InChI=1S/3C10H10N2.C10H9NO.C10H9NS.5Y/c1-7-8(2)12-6-10(7)9-3-4-11-5-9;1-7-8(2)12-6-9(7)10-4-3-5-11-10;1-7-6-10(12-8(7)2)9-4-3-5-11-9;2*1-7-6-9(11-8(7)2)10-4-3-5-12-10;;;;;/h3-4,11-12H,1-2H3;2*3,5,11-12H,1-2H3;2*3,5,11H,1-2H3;;;;;/q5*-2;;;;;. The number of rotatable bonds is 5. The smallest absolute Gasteiger partial charge is 0 e. The third-order valence-electron chi connectivity index (χ3n) is 9.97. The number of thiophene rings is 1. The molecule has 0 spiro atoms. The van der Waals surface area contributed by atoms with E-state index in [1.807, 2.05) is 89.8 Å². The van der Waals surface area contributed by atoms with E-state index in [-0.39, 0.29) is 164 Å². The number of aromatic amines is 8. The Kier molecular flexibility index (Phi) is 28.9. The molecule has 65 heavy (non-hydrogen) atoms. The summed E-state index contributed by atoms with van der Waals surface area (Å²) in [6.45, 7) is 20.5. The van der Waals surface area contributed by atoms with Gasteiger partial charge in [-0.3, -0.25) is 0 Å². The Bertz CT molecular complexity index is 2450. The van der Waals surface area contributed by atoms with Gasteiger partial charge in [0.25, 0.3) is 0 Å². The molecule has 0 aromatic carbocycles. The zero-order chi connectivity index (χ0) is 42.8. The van der Waals surface area contributed by atoms with Crippen molar-refractivity contribution in [1.29, 1.82) is 0 Å². The van der Waals surface area contributed by atoms with Crippen LogP contribution in [0.5, 0.6) is 0 Å². The normalized spacial score (nSPS) is 9.69. The SMILES string of the molecule is Cc1[c-]c(-c2[c-]cc[nH]2)[nH]c1C.Cc1[c-]c(-c2[c-]cco2)[nH]c1C.Cc1[c-]c(-c2[c-]ccs2)[nH]c1C.Cc1[nH][c-]c(-c2[c-][nH]cc2)c1C.Cc1[nH][c-]c(-c2[c-]cc[nH]2)c1C.[Y].[Y].[Y].[Y].[Y]. The molecule has 10 aromatic heterocycles. The Hall–Kier alpha value is -1.26. The Morgan fingerprint density at radius 3 is 1.40 bits per heavy atom. The fourth-order valence-corrected chi connectivity index (χ4v) is 6.40. The first-order valence-corrected chi connectivity index (χ1v) is 20.2. The molecule has 5 radical (unpaired) electrons. The molecule has 0 aliphatic rings. The van der Waals surface area contributed by atoms with Crippen molar-refractivity contribution in [2.75, 3.05) is 0 Å². The van der Waals surface area contributed by atoms with Gasteiger partial charge in [-0.15, -0.1) is 59.6 Å². The summed E-state index contributed by atoms with van der Waals surface area (Å²) in [5.74, 6) is 0.714. The minimum absolute atomic E-state index is 0. The van der Waals surface area contributed by atoms with Crippen LogP contribution in [-0.2, 0) is 164 Å². The summed E-state index contributed by atoms with van der Waals surface area (Å²) < 4.78 is 5.17. The van der Waals surface area contributed by atoms with Gasteiger partial charge in [0.1, 0.15) is 0 Å². The van der Waals surface area contributed by atoms with Crippen molar-refractivity contribution in [3.8, 4) is 55.8 Å². The second kappa shape index (κ2) is 30.4. The summed E-state index contributed by atoms with van der Waals surface area (Å²) in [7, 11) is 0. The third kappa shape index (κ3) is 17.3. The molecule has 15 heteroatoms. The molecule has 0 amide bonds. The molecule has 9 nitrogen and oxygen atoms in total. The van der Waals surface area contributed by atoms with Gasteiger partial charge in [0, 0.05) is 164 Å². The molecule has 10 rings (SSSR count). The molecule has 8 N–H and O–H groups in total. The van der Waals surface area contributed by atoms with Crippen LogP contribution in [0.2, 0.25) is 0 Å². The predicted molar refractivity (Wildman–Crippen MR) is 240 cm³/mol. The molecule has 10 aromatic rings. The van der Waals surface area contributed by atoms with Crippen molar-refractivity contribution in [2.45, 2.75) is 69.2 Å². The van der Waals surface area contributed by atoms with Gasteiger partial charge in [-0.2, -0.15) is 79.7 Å². The number of H-pyrrole nitrogens is 8. The molecule has 0 bridgehead atoms. The van der Waals surface area contributed by atoms with E-state index in [9.17, 15) is 0 Å². The average Bonchev–Trinajstić information content (AvgIpc) is 4.08. The first-order valence-electron chi connectivity index (χ1n) is 19.4. The molecule has 325 valence electrons. The van der Waals surface area contributed by atoms with E-state index in [1.165, 1.54) is 28.1 Å². The summed E-state index contributed by atoms with van der Waals surface area (Å²) in [4.78, 5) is 26.0. The summed E-state index contributed by atoms with van der Waals surface area (Å²) in [5.41, 5.74) is 19.9. The van der Waals surface area contributed by atoms with E-state index in [4.69, 9.17) is 4.42 Å². The summed E-state index contributed by atoms with van der Waals surface area (Å²) in [6.07, 6.45) is 16.4. The van der Waals surface area contributed by atoms with Crippen molar-refractivity contribution in [2.24, 2.45) is 0 Å². The van der Waals surface area contributed by atoms with Gasteiger partial charge in [0.2, 0.25) is 0 Å². The van der Waals surface area contributed by atoms with E-state index >= 15 is 0 Å². The average molecular weight is 1250 g/mol. The molecule has 0 aliphatic heterocycles. The van der Waals surface area contributed by atoms with Crippen molar-refractivity contribution in [1.82, 2.24) is 39.9 Å². The molecule has 10 heterocycles. The van der Waals surface area contributed by atoms with Crippen LogP contribution in [0.25, 0.3) is 55.8 Å². The topological polar surface area (TPSA) is 139 Å². The van der Waals surface area contributed by atoms with Gasteiger partial charge in [-0.05, 0) is 6.26 Å². The second-order valence-electron chi connectivity index (χ2n) is 14.2. The first-order chi connectivity index (χ1) is 28.9. The fourth-order valence-electron chi connectivity index (χ4n) is 5.77. The van der Waals surface area contributed by atoms with Crippen molar-refractivity contribution >= 4 is 11.3 Å². The number of aryl methyl sites for hydroxylation is 8. The Morgan fingerprint density at radius 2 is 1.00 bits per heavy atom. The molecule has 0 saturated carbocycles. The zero-order valence-corrected chi connectivity index (χ0v) is 53.5. The van der Waals surface area contributed by atoms with Crippen LogP contribution >= 0.6 is 11.3 Å². The summed E-state index contributed by atoms with van der Waals surface area (Å²) in [5, 5.41) is 2.02. The number of aromatic nitrogens is 8. The molecule has 0 aliphatic carbocycles. The maximum atomic E-state index is 5.17. The molecular weight excluding hydrogens is 1210 g/mol. The quantitative estimate of drug-likeness (QED) is 0.0800. The van der Waals surface area contributed by atoms with Gasteiger partial charge < -0.3 is 55.6 Å². The fraction of sp³-hybridized carbons (Fsp3) is 0.200. The van der Waals surface area contributed by atoms with Crippen LogP contribution in [0.15, 0.2) is 65.0 Å². The van der Waals surface area contributed by atoms with E-state index in [1.54, 1.807) is 23.7 Å². The van der Waals surface area contributed by atoms with Crippen LogP contribution in [0.3, 0.4) is 0 Å². The van der Waals surface area contributed by atoms with Gasteiger partial charge in [-0.1, -0.05) is 92.1 Å². The van der Waals surface area contributed by atoms with Crippen LogP contribution in [0, 0.1) is 130 Å². The number of hydrogen-bond donors (Lipinski definition) is 8. The van der Waals surface area contributed by atoms with Crippen molar-refractivity contribution in [3.63, 3.8) is 0 Å². The third-order valence-corrected chi connectivity index (χ3v) is 10.8. The minimum atomic E-state index is 0. The molecule has 0 atom stereocenters. The Morgan fingerprint density at radius 1 is 0.477 bits per heavy atom. The van der Waals surface area contributed by atoms with Crippen LogP contribution in [0.4, 0.5) is 0 Å². The molecule has 0 saturated heterocycles. The molecule has 0 fully saturated rings. The van der Waals surface area contributed by atoms with Crippen LogP contribution in [0.1, 0.15) is 56.3 Å². The zero-order valence-electron chi connectivity index (χ0n) is 38.5. The van der Waals surface area contributed by atoms with Gasteiger partial charge in [-0.25, -0.2) is 65.2 Å². The summed E-state index contributed by atoms with van der Waals surface area (Å²) >= 11 is 1.68. The van der Waals surface area contributed by atoms with E-state index in [2.05, 4.69) is 129 Å². The predicted octanol–water partition coefficient (Wildman–Crippen LogP) is 12.1. The Balaban J connectivity index is 0.000000399.